The Morgan fingerprint density at radius 3 is 2.69 bits per heavy atom. The molecule has 0 aromatic heterocycles. The summed E-state index contributed by atoms with van der Waals surface area (Å²) >= 11 is 6.00. The molecule has 0 radical (unpaired) electrons. The number of carbonyl (C=O) groups excluding carboxylic acids is 1. The molecule has 0 bridgehead atoms. The molecule has 1 N–H and O–H groups in total. The summed E-state index contributed by atoms with van der Waals surface area (Å²) in [6.07, 6.45) is 2.82. The van der Waals surface area contributed by atoms with Crippen molar-refractivity contribution in [1.29, 1.82) is 0 Å². The third-order valence-corrected chi connectivity index (χ3v) is 4.45. The smallest absolute Gasteiger partial charge is 0.256 e. The summed E-state index contributed by atoms with van der Waals surface area (Å²) in [5.41, 5.74) is 3.04. The molecule has 0 unspecified atom stereocenters. The maximum Gasteiger partial charge on any atom is 0.256 e. The van der Waals surface area contributed by atoms with Crippen molar-refractivity contribution in [2.75, 3.05) is 19.0 Å². The van der Waals surface area contributed by atoms with Gasteiger partial charge in [-0.3, -0.25) is 4.79 Å². The highest BCUT2D eigenvalue weighted by Gasteiger charge is 2.24. The third-order valence-electron chi connectivity index (χ3n) is 4.22. The van der Waals surface area contributed by atoms with Crippen LogP contribution in [0.4, 0.5) is 5.69 Å². The summed E-state index contributed by atoms with van der Waals surface area (Å²) in [6, 6.07) is 11.0. The quantitative estimate of drug-likeness (QED) is 0.704. The van der Waals surface area contributed by atoms with Gasteiger partial charge in [-0.25, -0.2) is 0 Å². The lowest BCUT2D eigenvalue weighted by atomic mass is 10.0. The van der Waals surface area contributed by atoms with Crippen LogP contribution in [-0.2, 0) is 4.79 Å². The van der Waals surface area contributed by atoms with E-state index in [0.29, 0.717) is 34.6 Å². The zero-order valence-corrected chi connectivity index (χ0v) is 15.9. The standard InChI is InChI=1S/C21H22ClNO3/c1-13(2)8-9-26-19-7-4-14(11-20(19)25-3)10-17-16-6-5-15(22)12-18(16)23-21(17)24/h4-7,10-13H,8-9H2,1-3H3,(H,23,24). The highest BCUT2D eigenvalue weighted by molar-refractivity contribution is 6.36. The molecule has 0 saturated heterocycles. The lowest BCUT2D eigenvalue weighted by Crippen LogP contribution is -2.04. The zero-order chi connectivity index (χ0) is 18.7. The van der Waals surface area contributed by atoms with Crippen LogP contribution in [0.15, 0.2) is 36.4 Å². The van der Waals surface area contributed by atoms with Gasteiger partial charge in [-0.15, -0.1) is 0 Å². The van der Waals surface area contributed by atoms with Crippen molar-refractivity contribution in [3.8, 4) is 11.5 Å². The van der Waals surface area contributed by atoms with Crippen LogP contribution in [0.25, 0.3) is 11.6 Å². The number of rotatable bonds is 6. The van der Waals surface area contributed by atoms with Gasteiger partial charge in [0.1, 0.15) is 0 Å². The van der Waals surface area contributed by atoms with Crippen LogP contribution in [0.1, 0.15) is 31.4 Å². The second kappa shape index (κ2) is 7.83. The van der Waals surface area contributed by atoms with Crippen LogP contribution < -0.4 is 14.8 Å². The molecule has 1 aliphatic rings. The van der Waals surface area contributed by atoms with Crippen molar-refractivity contribution >= 4 is 34.8 Å². The summed E-state index contributed by atoms with van der Waals surface area (Å²) in [4.78, 5) is 12.3. The fourth-order valence-corrected chi connectivity index (χ4v) is 2.95. The predicted molar refractivity (Wildman–Crippen MR) is 106 cm³/mol. The maximum atomic E-state index is 12.3. The maximum absolute atomic E-state index is 12.3. The number of amides is 1. The molecule has 3 rings (SSSR count). The Morgan fingerprint density at radius 1 is 1.15 bits per heavy atom. The first-order valence-electron chi connectivity index (χ1n) is 8.61. The van der Waals surface area contributed by atoms with Gasteiger partial charge in [-0.1, -0.05) is 37.6 Å². The molecule has 4 nitrogen and oxygen atoms in total. The molecular weight excluding hydrogens is 350 g/mol. The van der Waals surface area contributed by atoms with Gasteiger partial charge < -0.3 is 14.8 Å². The van der Waals surface area contributed by atoms with E-state index >= 15 is 0 Å². The predicted octanol–water partition coefficient (Wildman–Crippen LogP) is 5.27. The number of carbonyl (C=O) groups is 1. The van der Waals surface area contributed by atoms with E-state index in [1.807, 2.05) is 30.3 Å². The second-order valence-electron chi connectivity index (χ2n) is 6.64. The molecule has 0 fully saturated rings. The number of methoxy groups -OCH3 is 1. The normalized spacial score (nSPS) is 14.5. The average Bonchev–Trinajstić information content (AvgIpc) is 2.90. The van der Waals surface area contributed by atoms with E-state index < -0.39 is 0 Å². The Kier molecular flexibility index (Phi) is 5.52. The molecule has 0 aliphatic carbocycles. The first-order chi connectivity index (χ1) is 12.5. The summed E-state index contributed by atoms with van der Waals surface area (Å²) in [5.74, 6) is 1.80. The molecule has 2 aromatic rings. The average molecular weight is 372 g/mol. The first kappa shape index (κ1) is 18.3. The van der Waals surface area contributed by atoms with Gasteiger partial charge in [-0.05, 0) is 48.2 Å². The number of hydrogen-bond acceptors (Lipinski definition) is 3. The van der Waals surface area contributed by atoms with E-state index in [9.17, 15) is 4.79 Å². The van der Waals surface area contributed by atoms with Crippen molar-refractivity contribution < 1.29 is 14.3 Å². The van der Waals surface area contributed by atoms with Gasteiger partial charge in [0.15, 0.2) is 11.5 Å². The lowest BCUT2D eigenvalue weighted by molar-refractivity contribution is -0.110. The monoisotopic (exact) mass is 371 g/mol. The SMILES string of the molecule is COc1cc(C=C2C(=O)Nc3cc(Cl)ccc32)ccc1OCCC(C)C. The minimum atomic E-state index is -0.140. The Balaban J connectivity index is 1.86. The van der Waals surface area contributed by atoms with Gasteiger partial charge in [0.05, 0.1) is 19.4 Å². The van der Waals surface area contributed by atoms with Gasteiger partial charge in [0.25, 0.3) is 5.91 Å². The Morgan fingerprint density at radius 2 is 1.96 bits per heavy atom. The van der Waals surface area contributed by atoms with Gasteiger partial charge in [-0.2, -0.15) is 0 Å². The molecule has 2 aromatic carbocycles. The molecular formula is C21H22ClNO3. The minimum Gasteiger partial charge on any atom is -0.493 e. The fourth-order valence-electron chi connectivity index (χ4n) is 2.77. The van der Waals surface area contributed by atoms with Crippen LogP contribution in [0.3, 0.4) is 0 Å². The highest BCUT2D eigenvalue weighted by Crippen LogP contribution is 2.36. The van der Waals surface area contributed by atoms with Crippen molar-refractivity contribution in [3.63, 3.8) is 0 Å². The molecule has 0 atom stereocenters. The Bertz CT molecular complexity index is 858. The van der Waals surface area contributed by atoms with Crippen LogP contribution in [-0.4, -0.2) is 19.6 Å². The number of hydrogen-bond donors (Lipinski definition) is 1. The van der Waals surface area contributed by atoms with Crippen LogP contribution in [0, 0.1) is 5.92 Å². The summed E-state index contributed by atoms with van der Waals surface area (Å²) < 4.78 is 11.3. The molecule has 1 heterocycles. The Hall–Kier alpha value is -2.46. The van der Waals surface area contributed by atoms with E-state index in [0.717, 1.165) is 23.2 Å². The van der Waals surface area contributed by atoms with Crippen LogP contribution in [0.2, 0.25) is 5.02 Å². The van der Waals surface area contributed by atoms with Crippen LogP contribution >= 0.6 is 11.6 Å². The summed E-state index contributed by atoms with van der Waals surface area (Å²) in [5, 5.41) is 3.43. The van der Waals surface area contributed by atoms with Gasteiger partial charge in [0.2, 0.25) is 0 Å². The number of ether oxygens (including phenoxy) is 2. The van der Waals surface area contributed by atoms with E-state index in [2.05, 4.69) is 19.2 Å². The van der Waals surface area contributed by atoms with E-state index in [4.69, 9.17) is 21.1 Å². The highest BCUT2D eigenvalue weighted by atomic mass is 35.5. The van der Waals surface area contributed by atoms with Crippen molar-refractivity contribution in [2.45, 2.75) is 20.3 Å². The second-order valence-corrected chi connectivity index (χ2v) is 7.08. The number of nitrogens with one attached hydrogen (secondary N) is 1. The molecule has 0 saturated carbocycles. The largest absolute Gasteiger partial charge is 0.493 e. The molecule has 26 heavy (non-hydrogen) atoms. The minimum absolute atomic E-state index is 0.140. The molecule has 5 heteroatoms. The fraction of sp³-hybridized carbons (Fsp3) is 0.286. The topological polar surface area (TPSA) is 47.6 Å². The molecule has 1 amide bonds. The van der Waals surface area contributed by atoms with Crippen molar-refractivity contribution in [2.24, 2.45) is 5.92 Å². The number of anilines is 1. The van der Waals surface area contributed by atoms with Crippen LogP contribution in [0.5, 0.6) is 11.5 Å². The first-order valence-corrected chi connectivity index (χ1v) is 8.99. The number of halogens is 1. The molecule has 0 spiro atoms. The van der Waals surface area contributed by atoms with E-state index in [-0.39, 0.29) is 5.91 Å². The molecule has 136 valence electrons. The van der Waals surface area contributed by atoms with Crippen molar-refractivity contribution in [1.82, 2.24) is 0 Å². The van der Waals surface area contributed by atoms with E-state index in [1.54, 1.807) is 19.2 Å². The van der Waals surface area contributed by atoms with Gasteiger partial charge >= 0.3 is 0 Å². The van der Waals surface area contributed by atoms with Crippen molar-refractivity contribution in [3.05, 3.63) is 52.5 Å². The zero-order valence-electron chi connectivity index (χ0n) is 15.1. The summed E-state index contributed by atoms with van der Waals surface area (Å²) in [7, 11) is 1.61. The van der Waals surface area contributed by atoms with E-state index in [1.165, 1.54) is 0 Å². The third kappa shape index (κ3) is 4.02. The Labute approximate surface area is 158 Å². The number of fused-ring (bicyclic) bond motifs is 1. The molecule has 1 aliphatic heterocycles. The number of benzene rings is 2. The summed E-state index contributed by atoms with van der Waals surface area (Å²) in [6.45, 7) is 4.96. The van der Waals surface area contributed by atoms with Gasteiger partial charge in [0, 0.05) is 16.2 Å². The lowest BCUT2D eigenvalue weighted by Gasteiger charge is -2.12.